The highest BCUT2D eigenvalue weighted by Gasteiger charge is 2.20. The van der Waals surface area contributed by atoms with Crippen molar-refractivity contribution in [2.24, 2.45) is 0 Å². The number of nitrogen functional groups attached to an aromatic ring is 1. The first-order valence-corrected chi connectivity index (χ1v) is 6.37. The molecule has 0 radical (unpaired) electrons. The number of anilines is 2. The van der Waals surface area contributed by atoms with Crippen LogP contribution < -0.4 is 10.6 Å². The van der Waals surface area contributed by atoms with Crippen molar-refractivity contribution >= 4 is 22.7 Å². The first-order valence-electron chi connectivity index (χ1n) is 5.49. The molecule has 0 saturated carbocycles. The summed E-state index contributed by atoms with van der Waals surface area (Å²) in [7, 11) is 0. The van der Waals surface area contributed by atoms with Crippen LogP contribution in [0.15, 0.2) is 35.7 Å². The Morgan fingerprint density at radius 2 is 2.19 bits per heavy atom. The van der Waals surface area contributed by atoms with E-state index in [-0.39, 0.29) is 0 Å². The van der Waals surface area contributed by atoms with Crippen LogP contribution >= 0.6 is 11.3 Å². The van der Waals surface area contributed by atoms with Gasteiger partial charge in [-0.2, -0.15) is 0 Å². The molecule has 0 unspecified atom stereocenters. The van der Waals surface area contributed by atoms with E-state index in [1.165, 1.54) is 16.1 Å². The summed E-state index contributed by atoms with van der Waals surface area (Å²) in [5, 5.41) is 2.13. The molecule has 16 heavy (non-hydrogen) atoms. The molecule has 0 saturated heterocycles. The van der Waals surface area contributed by atoms with Crippen LogP contribution in [0.25, 0.3) is 0 Å². The molecule has 1 aromatic carbocycles. The van der Waals surface area contributed by atoms with Gasteiger partial charge in [-0.15, -0.1) is 11.3 Å². The molecular formula is C13H14N2S. The lowest BCUT2D eigenvalue weighted by Gasteiger charge is -2.18. The minimum Gasteiger partial charge on any atom is -0.398 e. The van der Waals surface area contributed by atoms with Crippen LogP contribution in [0.1, 0.15) is 10.4 Å². The van der Waals surface area contributed by atoms with Gasteiger partial charge in [0.25, 0.3) is 0 Å². The number of hydrogen-bond donors (Lipinski definition) is 1. The Hall–Kier alpha value is -1.48. The number of rotatable bonds is 2. The maximum atomic E-state index is 5.98. The number of hydrogen-bond acceptors (Lipinski definition) is 3. The van der Waals surface area contributed by atoms with Gasteiger partial charge < -0.3 is 10.6 Å². The Bertz CT molecular complexity index is 491. The van der Waals surface area contributed by atoms with Gasteiger partial charge >= 0.3 is 0 Å². The normalized spacial score (nSPS) is 14.1. The Morgan fingerprint density at radius 1 is 1.25 bits per heavy atom. The van der Waals surface area contributed by atoms with Crippen LogP contribution in [0.2, 0.25) is 0 Å². The maximum absolute atomic E-state index is 5.98. The molecule has 0 amide bonds. The first-order chi connectivity index (χ1) is 7.84. The van der Waals surface area contributed by atoms with E-state index >= 15 is 0 Å². The van der Waals surface area contributed by atoms with Crippen molar-refractivity contribution < 1.29 is 0 Å². The van der Waals surface area contributed by atoms with E-state index in [1.54, 1.807) is 0 Å². The van der Waals surface area contributed by atoms with Gasteiger partial charge in [0.2, 0.25) is 0 Å². The SMILES string of the molecule is Nc1cccc2c1CCN2Cc1cccs1. The summed E-state index contributed by atoms with van der Waals surface area (Å²) in [6.45, 7) is 2.09. The van der Waals surface area contributed by atoms with Crippen LogP contribution in [-0.2, 0) is 13.0 Å². The fraction of sp³-hybridized carbons (Fsp3) is 0.231. The number of benzene rings is 1. The highest BCUT2D eigenvalue weighted by Crippen LogP contribution is 2.33. The summed E-state index contributed by atoms with van der Waals surface area (Å²) in [5.41, 5.74) is 9.55. The van der Waals surface area contributed by atoms with Crippen molar-refractivity contribution in [3.63, 3.8) is 0 Å². The Kier molecular flexibility index (Phi) is 2.33. The van der Waals surface area contributed by atoms with E-state index in [9.17, 15) is 0 Å². The molecule has 2 aromatic rings. The van der Waals surface area contributed by atoms with Crippen molar-refractivity contribution in [3.05, 3.63) is 46.2 Å². The molecule has 0 spiro atoms. The van der Waals surface area contributed by atoms with Crippen molar-refractivity contribution in [1.29, 1.82) is 0 Å². The monoisotopic (exact) mass is 230 g/mol. The third-order valence-electron chi connectivity index (χ3n) is 3.09. The summed E-state index contributed by atoms with van der Waals surface area (Å²) in [4.78, 5) is 3.83. The quantitative estimate of drug-likeness (QED) is 0.804. The summed E-state index contributed by atoms with van der Waals surface area (Å²) < 4.78 is 0. The van der Waals surface area contributed by atoms with E-state index in [1.807, 2.05) is 23.5 Å². The highest BCUT2D eigenvalue weighted by molar-refractivity contribution is 7.09. The number of nitrogens with zero attached hydrogens (tertiary/aromatic N) is 1. The van der Waals surface area contributed by atoms with Crippen molar-refractivity contribution in [3.8, 4) is 0 Å². The molecule has 1 aromatic heterocycles. The third-order valence-corrected chi connectivity index (χ3v) is 3.95. The summed E-state index contributed by atoms with van der Waals surface area (Å²) in [6.07, 6.45) is 1.08. The lowest BCUT2D eigenvalue weighted by Crippen LogP contribution is -2.18. The molecule has 2 nitrogen and oxygen atoms in total. The Morgan fingerprint density at radius 3 is 3.00 bits per heavy atom. The lowest BCUT2D eigenvalue weighted by atomic mass is 10.1. The Balaban J connectivity index is 1.89. The molecule has 0 bridgehead atoms. The van der Waals surface area contributed by atoms with E-state index in [0.717, 1.165) is 25.2 Å². The van der Waals surface area contributed by atoms with Crippen molar-refractivity contribution in [2.75, 3.05) is 17.2 Å². The van der Waals surface area contributed by atoms with Gasteiger partial charge in [0.1, 0.15) is 0 Å². The molecular weight excluding hydrogens is 216 g/mol. The van der Waals surface area contributed by atoms with E-state index in [2.05, 4.69) is 28.5 Å². The van der Waals surface area contributed by atoms with Gasteiger partial charge in [0.05, 0.1) is 6.54 Å². The van der Waals surface area contributed by atoms with Gasteiger partial charge in [0.15, 0.2) is 0 Å². The molecule has 1 aliphatic rings. The number of fused-ring (bicyclic) bond motifs is 1. The summed E-state index contributed by atoms with van der Waals surface area (Å²) >= 11 is 1.82. The molecule has 82 valence electrons. The average molecular weight is 230 g/mol. The van der Waals surface area contributed by atoms with Gasteiger partial charge in [0, 0.05) is 28.4 Å². The second-order valence-corrected chi connectivity index (χ2v) is 5.13. The number of nitrogens with two attached hydrogens (primary N) is 1. The van der Waals surface area contributed by atoms with Gasteiger partial charge in [-0.1, -0.05) is 12.1 Å². The molecule has 3 rings (SSSR count). The zero-order valence-corrected chi connectivity index (χ0v) is 9.83. The van der Waals surface area contributed by atoms with Crippen LogP contribution in [-0.4, -0.2) is 6.54 Å². The summed E-state index contributed by atoms with van der Waals surface area (Å²) in [5.74, 6) is 0. The minimum absolute atomic E-state index is 0.936. The second kappa shape index (κ2) is 3.83. The van der Waals surface area contributed by atoms with E-state index in [4.69, 9.17) is 5.73 Å². The van der Waals surface area contributed by atoms with Gasteiger partial charge in [-0.05, 0) is 30.0 Å². The minimum atomic E-state index is 0.936. The number of thiophene rings is 1. The molecule has 0 aliphatic carbocycles. The van der Waals surface area contributed by atoms with Crippen LogP contribution in [0.4, 0.5) is 11.4 Å². The van der Waals surface area contributed by atoms with E-state index in [0.29, 0.717) is 0 Å². The molecule has 0 fully saturated rings. The highest BCUT2D eigenvalue weighted by atomic mass is 32.1. The molecule has 2 heterocycles. The summed E-state index contributed by atoms with van der Waals surface area (Å²) in [6, 6.07) is 10.5. The predicted octanol–water partition coefficient (Wildman–Crippen LogP) is 2.89. The topological polar surface area (TPSA) is 29.3 Å². The van der Waals surface area contributed by atoms with Crippen LogP contribution in [0.3, 0.4) is 0 Å². The average Bonchev–Trinajstić information content (AvgIpc) is 2.90. The molecule has 3 heteroatoms. The maximum Gasteiger partial charge on any atom is 0.0523 e. The standard InChI is InChI=1S/C13H14N2S/c14-12-4-1-5-13-11(12)6-7-15(13)9-10-3-2-8-16-10/h1-5,8H,6-7,9,14H2. The van der Waals surface area contributed by atoms with Gasteiger partial charge in [-0.25, -0.2) is 0 Å². The van der Waals surface area contributed by atoms with Crippen molar-refractivity contribution in [1.82, 2.24) is 0 Å². The van der Waals surface area contributed by atoms with E-state index < -0.39 is 0 Å². The molecule has 1 aliphatic heterocycles. The molecule has 0 atom stereocenters. The largest absolute Gasteiger partial charge is 0.398 e. The van der Waals surface area contributed by atoms with Crippen LogP contribution in [0.5, 0.6) is 0 Å². The van der Waals surface area contributed by atoms with Crippen molar-refractivity contribution in [2.45, 2.75) is 13.0 Å². The molecule has 2 N–H and O–H groups in total. The smallest absolute Gasteiger partial charge is 0.0523 e. The predicted molar refractivity (Wildman–Crippen MR) is 69.9 cm³/mol. The fourth-order valence-electron chi connectivity index (χ4n) is 2.28. The Labute approximate surface area is 99.3 Å². The zero-order valence-electron chi connectivity index (χ0n) is 9.02. The third kappa shape index (κ3) is 1.57. The second-order valence-electron chi connectivity index (χ2n) is 4.10. The van der Waals surface area contributed by atoms with Crippen LogP contribution in [0, 0.1) is 0 Å². The fourth-order valence-corrected chi connectivity index (χ4v) is 3.00. The van der Waals surface area contributed by atoms with Gasteiger partial charge in [-0.3, -0.25) is 0 Å². The zero-order chi connectivity index (χ0) is 11.0. The lowest BCUT2D eigenvalue weighted by molar-refractivity contribution is 0.846. The first kappa shape index (κ1) is 9.73.